The number of hydrogen-bond donors (Lipinski definition) is 1. The minimum absolute atomic E-state index is 0.286. The summed E-state index contributed by atoms with van der Waals surface area (Å²) in [6, 6.07) is 12.6. The molecule has 0 aliphatic rings. The molecule has 0 saturated heterocycles. The highest BCUT2D eigenvalue weighted by Crippen LogP contribution is 2.22. The molecule has 0 bridgehead atoms. The van der Waals surface area contributed by atoms with Crippen molar-refractivity contribution in [2.24, 2.45) is 0 Å². The number of anilines is 1. The Morgan fingerprint density at radius 3 is 2.76 bits per heavy atom. The molecule has 21 heavy (non-hydrogen) atoms. The Labute approximate surface area is 127 Å². The molecular weight excluding hydrogens is 289 g/mol. The van der Waals surface area contributed by atoms with E-state index in [1.165, 1.54) is 6.07 Å². The van der Waals surface area contributed by atoms with Gasteiger partial charge < -0.3 is 9.88 Å². The van der Waals surface area contributed by atoms with Gasteiger partial charge in [0.1, 0.15) is 5.82 Å². The second kappa shape index (κ2) is 5.97. The molecule has 1 N–H and O–H groups in total. The molecule has 106 valence electrons. The number of benzene rings is 2. The van der Waals surface area contributed by atoms with E-state index in [1.54, 1.807) is 29.4 Å². The van der Waals surface area contributed by atoms with E-state index < -0.39 is 0 Å². The fourth-order valence-electron chi connectivity index (χ4n) is 2.07. The van der Waals surface area contributed by atoms with Crippen LogP contribution in [-0.4, -0.2) is 9.55 Å². The Balaban J connectivity index is 1.76. The highest BCUT2D eigenvalue weighted by Gasteiger charge is 2.06. The van der Waals surface area contributed by atoms with Crippen molar-refractivity contribution in [1.29, 1.82) is 0 Å². The van der Waals surface area contributed by atoms with Crippen LogP contribution in [0.2, 0.25) is 5.02 Å². The van der Waals surface area contributed by atoms with E-state index in [4.69, 9.17) is 11.6 Å². The van der Waals surface area contributed by atoms with Crippen LogP contribution in [0, 0.1) is 5.82 Å². The van der Waals surface area contributed by atoms with Gasteiger partial charge in [-0.25, -0.2) is 9.37 Å². The lowest BCUT2D eigenvalue weighted by Crippen LogP contribution is -2.02. The maximum Gasteiger partial charge on any atom is 0.147 e. The van der Waals surface area contributed by atoms with Gasteiger partial charge in [-0.2, -0.15) is 0 Å². The van der Waals surface area contributed by atoms with Crippen LogP contribution in [0.15, 0.2) is 61.2 Å². The van der Waals surface area contributed by atoms with E-state index in [2.05, 4.69) is 10.3 Å². The zero-order valence-electron chi connectivity index (χ0n) is 11.1. The SMILES string of the molecule is Fc1cc(CNc2ccccc2Cl)ccc1-n1ccnc1. The molecular formula is C16H13ClFN3. The standard InChI is InChI=1S/C16H13ClFN3/c17-13-3-1-2-4-15(13)20-10-12-5-6-16(14(18)9-12)21-8-7-19-11-21/h1-9,11,20H,10H2. The Morgan fingerprint density at radius 2 is 2.05 bits per heavy atom. The second-order valence-corrected chi connectivity index (χ2v) is 5.00. The molecule has 0 aliphatic heterocycles. The van der Waals surface area contributed by atoms with Crippen LogP contribution in [0.1, 0.15) is 5.56 Å². The average Bonchev–Trinajstić information content (AvgIpc) is 3.00. The number of aromatic nitrogens is 2. The van der Waals surface area contributed by atoms with Gasteiger partial charge in [0.25, 0.3) is 0 Å². The second-order valence-electron chi connectivity index (χ2n) is 4.59. The first kappa shape index (κ1) is 13.6. The summed E-state index contributed by atoms with van der Waals surface area (Å²) in [4.78, 5) is 3.92. The third kappa shape index (κ3) is 3.06. The maximum atomic E-state index is 14.1. The molecule has 2 aromatic carbocycles. The fourth-order valence-corrected chi connectivity index (χ4v) is 2.28. The van der Waals surface area contributed by atoms with Crippen LogP contribution in [0.3, 0.4) is 0 Å². The number of nitrogens with zero attached hydrogens (tertiary/aromatic N) is 2. The van der Waals surface area contributed by atoms with Crippen LogP contribution in [0.25, 0.3) is 5.69 Å². The topological polar surface area (TPSA) is 29.9 Å². The van der Waals surface area contributed by atoms with Gasteiger partial charge in [-0.15, -0.1) is 0 Å². The summed E-state index contributed by atoms with van der Waals surface area (Å²) >= 11 is 6.07. The van der Waals surface area contributed by atoms with Crippen molar-refractivity contribution in [3.05, 3.63) is 77.6 Å². The quantitative estimate of drug-likeness (QED) is 0.779. The van der Waals surface area contributed by atoms with E-state index in [-0.39, 0.29) is 5.82 Å². The first-order valence-corrected chi connectivity index (χ1v) is 6.87. The third-order valence-electron chi connectivity index (χ3n) is 3.15. The van der Waals surface area contributed by atoms with Gasteiger partial charge in [-0.3, -0.25) is 0 Å². The lowest BCUT2D eigenvalue weighted by molar-refractivity contribution is 0.616. The number of para-hydroxylation sites is 1. The zero-order chi connectivity index (χ0) is 14.7. The molecule has 0 amide bonds. The minimum atomic E-state index is -0.286. The molecule has 0 unspecified atom stereocenters. The summed E-state index contributed by atoms with van der Waals surface area (Å²) in [6.07, 6.45) is 4.90. The molecule has 0 fully saturated rings. The van der Waals surface area contributed by atoms with E-state index in [0.717, 1.165) is 11.3 Å². The largest absolute Gasteiger partial charge is 0.380 e. The monoisotopic (exact) mass is 301 g/mol. The third-order valence-corrected chi connectivity index (χ3v) is 3.48. The average molecular weight is 302 g/mol. The van der Waals surface area contributed by atoms with Gasteiger partial charge in [-0.1, -0.05) is 29.8 Å². The van der Waals surface area contributed by atoms with E-state index in [0.29, 0.717) is 17.3 Å². The summed E-state index contributed by atoms with van der Waals surface area (Å²) in [6.45, 7) is 0.505. The molecule has 5 heteroatoms. The van der Waals surface area contributed by atoms with Gasteiger partial charge in [0, 0.05) is 18.9 Å². The van der Waals surface area contributed by atoms with E-state index in [1.807, 2.05) is 30.3 Å². The summed E-state index contributed by atoms with van der Waals surface area (Å²) in [5.41, 5.74) is 2.16. The van der Waals surface area contributed by atoms with Crippen LogP contribution >= 0.6 is 11.6 Å². The molecule has 0 atom stereocenters. The highest BCUT2D eigenvalue weighted by molar-refractivity contribution is 6.33. The van der Waals surface area contributed by atoms with Crippen LogP contribution in [-0.2, 0) is 6.54 Å². The van der Waals surface area contributed by atoms with Gasteiger partial charge in [0.2, 0.25) is 0 Å². The number of hydrogen-bond acceptors (Lipinski definition) is 2. The molecule has 0 radical (unpaired) electrons. The molecule has 0 saturated carbocycles. The molecule has 3 rings (SSSR count). The molecule has 1 heterocycles. The molecule has 3 aromatic rings. The van der Waals surface area contributed by atoms with Crippen molar-refractivity contribution in [1.82, 2.24) is 9.55 Å². The summed E-state index contributed by atoms with van der Waals surface area (Å²) in [5.74, 6) is -0.286. The summed E-state index contributed by atoms with van der Waals surface area (Å²) < 4.78 is 15.8. The predicted molar refractivity (Wildman–Crippen MR) is 82.3 cm³/mol. The maximum absolute atomic E-state index is 14.1. The van der Waals surface area contributed by atoms with Crippen LogP contribution < -0.4 is 5.32 Å². The van der Waals surface area contributed by atoms with Crippen LogP contribution in [0.5, 0.6) is 0 Å². The molecule has 0 spiro atoms. The van der Waals surface area contributed by atoms with Crippen molar-refractivity contribution in [2.75, 3.05) is 5.32 Å². The van der Waals surface area contributed by atoms with Gasteiger partial charge in [0.15, 0.2) is 0 Å². The van der Waals surface area contributed by atoms with Crippen molar-refractivity contribution < 1.29 is 4.39 Å². The highest BCUT2D eigenvalue weighted by atomic mass is 35.5. The lowest BCUT2D eigenvalue weighted by atomic mass is 10.2. The summed E-state index contributed by atoms with van der Waals surface area (Å²) in [5, 5.41) is 3.84. The Morgan fingerprint density at radius 1 is 1.19 bits per heavy atom. The Hall–Kier alpha value is -2.33. The van der Waals surface area contributed by atoms with Crippen molar-refractivity contribution in [3.8, 4) is 5.69 Å². The Bertz CT molecular complexity index is 741. The number of rotatable bonds is 4. The smallest absolute Gasteiger partial charge is 0.147 e. The van der Waals surface area contributed by atoms with Gasteiger partial charge in [-0.05, 0) is 29.8 Å². The van der Waals surface area contributed by atoms with Crippen molar-refractivity contribution in [2.45, 2.75) is 6.54 Å². The molecule has 3 nitrogen and oxygen atoms in total. The first-order chi connectivity index (χ1) is 10.2. The number of imidazole rings is 1. The summed E-state index contributed by atoms with van der Waals surface area (Å²) in [7, 11) is 0. The normalized spacial score (nSPS) is 10.6. The number of nitrogens with one attached hydrogen (secondary N) is 1. The van der Waals surface area contributed by atoms with Gasteiger partial charge in [0.05, 0.1) is 22.7 Å². The van der Waals surface area contributed by atoms with Crippen molar-refractivity contribution in [3.63, 3.8) is 0 Å². The van der Waals surface area contributed by atoms with Crippen LogP contribution in [0.4, 0.5) is 10.1 Å². The molecule has 1 aromatic heterocycles. The zero-order valence-corrected chi connectivity index (χ0v) is 11.9. The lowest BCUT2D eigenvalue weighted by Gasteiger charge is -2.10. The molecule has 0 aliphatic carbocycles. The number of halogens is 2. The predicted octanol–water partition coefficient (Wildman–Crippen LogP) is 4.28. The van der Waals surface area contributed by atoms with E-state index in [9.17, 15) is 4.39 Å². The van der Waals surface area contributed by atoms with Crippen molar-refractivity contribution >= 4 is 17.3 Å². The van der Waals surface area contributed by atoms with E-state index >= 15 is 0 Å². The fraction of sp³-hybridized carbons (Fsp3) is 0.0625. The first-order valence-electron chi connectivity index (χ1n) is 6.49. The Kier molecular flexibility index (Phi) is 3.88. The van der Waals surface area contributed by atoms with Gasteiger partial charge >= 0.3 is 0 Å². The minimum Gasteiger partial charge on any atom is -0.380 e.